The number of amides is 1. The van der Waals surface area contributed by atoms with Gasteiger partial charge in [-0.3, -0.25) is 0 Å². The number of nitrogens with zero attached hydrogens (tertiary/aromatic N) is 1. The maximum Gasteiger partial charge on any atom is 0.410 e. The molecule has 0 radical (unpaired) electrons. The van der Waals surface area contributed by atoms with Crippen molar-refractivity contribution in [2.24, 2.45) is 0 Å². The highest BCUT2D eigenvalue weighted by molar-refractivity contribution is 5.68. The molecule has 0 N–H and O–H groups in total. The van der Waals surface area contributed by atoms with E-state index < -0.39 is 11.7 Å². The van der Waals surface area contributed by atoms with Gasteiger partial charge in [0.2, 0.25) is 0 Å². The van der Waals surface area contributed by atoms with Crippen LogP contribution in [0.25, 0.3) is 0 Å². The first kappa shape index (κ1) is 22.0. The molecule has 0 saturated carbocycles. The van der Waals surface area contributed by atoms with Crippen molar-refractivity contribution in [3.05, 3.63) is 60.2 Å². The summed E-state index contributed by atoms with van der Waals surface area (Å²) in [6.07, 6.45) is -1.08. The van der Waals surface area contributed by atoms with Gasteiger partial charge in [0.05, 0.1) is 19.8 Å². The Morgan fingerprint density at radius 1 is 1.10 bits per heavy atom. The predicted molar refractivity (Wildman–Crippen MR) is 115 cm³/mol. The Morgan fingerprint density at radius 2 is 1.77 bits per heavy atom. The number of para-hydroxylation sites is 2. The molecule has 0 spiro atoms. The van der Waals surface area contributed by atoms with Gasteiger partial charge in [0.15, 0.2) is 17.6 Å². The van der Waals surface area contributed by atoms with Gasteiger partial charge in [0.1, 0.15) is 11.7 Å². The van der Waals surface area contributed by atoms with E-state index in [-0.39, 0.29) is 12.2 Å². The summed E-state index contributed by atoms with van der Waals surface area (Å²) in [5.74, 6) is 1.33. The zero-order chi connectivity index (χ0) is 21.6. The van der Waals surface area contributed by atoms with Crippen molar-refractivity contribution in [1.29, 1.82) is 0 Å². The topological polar surface area (TPSA) is 57.2 Å². The molecule has 2 aromatic carbocycles. The number of ether oxygens (including phenoxy) is 4. The van der Waals surface area contributed by atoms with Crippen LogP contribution in [0.15, 0.2) is 54.6 Å². The molecule has 2 atom stereocenters. The summed E-state index contributed by atoms with van der Waals surface area (Å²) in [6.45, 7) is 9.37. The first-order valence-electron chi connectivity index (χ1n) is 10.4. The minimum absolute atomic E-state index is 0.336. The Bertz CT molecular complexity index is 818. The molecule has 1 saturated heterocycles. The van der Waals surface area contributed by atoms with Crippen LogP contribution in [0.4, 0.5) is 4.79 Å². The second-order valence-electron chi connectivity index (χ2n) is 8.16. The van der Waals surface area contributed by atoms with E-state index in [0.717, 1.165) is 5.56 Å². The lowest BCUT2D eigenvalue weighted by Crippen LogP contribution is -2.50. The van der Waals surface area contributed by atoms with Crippen molar-refractivity contribution in [3.63, 3.8) is 0 Å². The molecular formula is C24H31NO5. The van der Waals surface area contributed by atoms with Crippen LogP contribution in [-0.2, 0) is 9.47 Å². The molecule has 162 valence electrons. The van der Waals surface area contributed by atoms with Crippen molar-refractivity contribution in [2.45, 2.75) is 45.5 Å². The van der Waals surface area contributed by atoms with Crippen LogP contribution < -0.4 is 9.47 Å². The highest BCUT2D eigenvalue weighted by Gasteiger charge is 2.35. The molecule has 1 aliphatic rings. The first-order valence-corrected chi connectivity index (χ1v) is 10.4. The number of rotatable bonds is 6. The second-order valence-corrected chi connectivity index (χ2v) is 8.16. The van der Waals surface area contributed by atoms with Crippen molar-refractivity contribution >= 4 is 6.09 Å². The molecule has 30 heavy (non-hydrogen) atoms. The number of benzene rings is 2. The monoisotopic (exact) mass is 413 g/mol. The van der Waals surface area contributed by atoms with Gasteiger partial charge in [-0.2, -0.15) is 0 Å². The van der Waals surface area contributed by atoms with E-state index in [1.807, 2.05) is 82.3 Å². The van der Waals surface area contributed by atoms with Crippen LogP contribution >= 0.6 is 0 Å². The third kappa shape index (κ3) is 5.89. The zero-order valence-electron chi connectivity index (χ0n) is 18.2. The lowest BCUT2D eigenvalue weighted by atomic mass is 10.0. The van der Waals surface area contributed by atoms with Gasteiger partial charge in [-0.1, -0.05) is 42.5 Å². The van der Waals surface area contributed by atoms with Crippen molar-refractivity contribution in [1.82, 2.24) is 4.90 Å². The molecule has 1 aliphatic heterocycles. The fourth-order valence-electron chi connectivity index (χ4n) is 3.31. The van der Waals surface area contributed by atoms with Crippen LogP contribution in [0.1, 0.15) is 39.4 Å². The molecule has 0 bridgehead atoms. The van der Waals surface area contributed by atoms with Crippen molar-refractivity contribution < 1.29 is 23.7 Å². The standard InChI is InChI=1S/C24H31NO5/c1-5-27-19-13-9-10-14-20(19)29-22(18-11-7-6-8-12-18)21-17-25(15-16-28-21)23(26)30-24(2,3)4/h6-14,21-22H,5,15-17H2,1-4H3/t21-,22-/m0/s1. The lowest BCUT2D eigenvalue weighted by molar-refractivity contribution is -0.0840. The summed E-state index contributed by atoms with van der Waals surface area (Å²) in [5.41, 5.74) is 0.427. The number of carbonyl (C=O) groups excluding carboxylic acids is 1. The summed E-state index contributed by atoms with van der Waals surface area (Å²) < 4.78 is 23.8. The quantitative estimate of drug-likeness (QED) is 0.678. The largest absolute Gasteiger partial charge is 0.490 e. The van der Waals surface area contributed by atoms with E-state index in [4.69, 9.17) is 18.9 Å². The number of carbonyl (C=O) groups is 1. The summed E-state index contributed by atoms with van der Waals surface area (Å²) in [6, 6.07) is 17.5. The van der Waals surface area contributed by atoms with Gasteiger partial charge in [0.25, 0.3) is 0 Å². The summed E-state index contributed by atoms with van der Waals surface area (Å²) in [7, 11) is 0. The SMILES string of the molecule is CCOc1ccccc1O[C@@H](c1ccccc1)[C@@H]1CN(C(=O)OC(C)(C)C)CCO1. The van der Waals surface area contributed by atoms with Crippen LogP contribution in [0.2, 0.25) is 0 Å². The molecule has 0 aliphatic carbocycles. The molecule has 1 heterocycles. The second kappa shape index (κ2) is 9.85. The van der Waals surface area contributed by atoms with Gasteiger partial charge < -0.3 is 23.8 Å². The van der Waals surface area contributed by atoms with E-state index in [0.29, 0.717) is 37.8 Å². The maximum atomic E-state index is 12.6. The number of morpholine rings is 1. The number of hydrogen-bond acceptors (Lipinski definition) is 5. The Kier molecular flexibility index (Phi) is 7.21. The molecule has 6 nitrogen and oxygen atoms in total. The van der Waals surface area contributed by atoms with E-state index in [1.54, 1.807) is 4.90 Å². The van der Waals surface area contributed by atoms with Crippen molar-refractivity contribution in [2.75, 3.05) is 26.3 Å². The fraction of sp³-hybridized carbons (Fsp3) is 0.458. The fourth-order valence-corrected chi connectivity index (χ4v) is 3.31. The van der Waals surface area contributed by atoms with E-state index in [2.05, 4.69) is 0 Å². The van der Waals surface area contributed by atoms with Crippen LogP contribution in [0.5, 0.6) is 11.5 Å². The van der Waals surface area contributed by atoms with Gasteiger partial charge in [0, 0.05) is 6.54 Å². The molecule has 3 rings (SSSR count). The highest BCUT2D eigenvalue weighted by Crippen LogP contribution is 2.34. The highest BCUT2D eigenvalue weighted by atomic mass is 16.6. The molecular weight excluding hydrogens is 382 g/mol. The number of hydrogen-bond donors (Lipinski definition) is 0. The smallest absolute Gasteiger partial charge is 0.410 e. The molecule has 1 fully saturated rings. The van der Waals surface area contributed by atoms with Gasteiger partial charge in [-0.15, -0.1) is 0 Å². The Hall–Kier alpha value is -2.73. The summed E-state index contributed by atoms with van der Waals surface area (Å²) in [4.78, 5) is 14.3. The van der Waals surface area contributed by atoms with Gasteiger partial charge >= 0.3 is 6.09 Å². The zero-order valence-corrected chi connectivity index (χ0v) is 18.2. The van der Waals surface area contributed by atoms with Gasteiger partial charge in [-0.25, -0.2) is 4.79 Å². The molecule has 0 aromatic heterocycles. The minimum atomic E-state index is -0.545. The van der Waals surface area contributed by atoms with Crippen LogP contribution in [0.3, 0.4) is 0 Å². The van der Waals surface area contributed by atoms with E-state index in [1.165, 1.54) is 0 Å². The van der Waals surface area contributed by atoms with Gasteiger partial charge in [-0.05, 0) is 45.4 Å². The van der Waals surface area contributed by atoms with Crippen molar-refractivity contribution in [3.8, 4) is 11.5 Å². The molecule has 0 unspecified atom stereocenters. The Balaban J connectivity index is 1.83. The summed E-state index contributed by atoms with van der Waals surface area (Å²) in [5, 5.41) is 0. The lowest BCUT2D eigenvalue weighted by Gasteiger charge is -2.37. The maximum absolute atomic E-state index is 12.6. The van der Waals surface area contributed by atoms with Crippen LogP contribution in [-0.4, -0.2) is 49.0 Å². The van der Waals surface area contributed by atoms with E-state index >= 15 is 0 Å². The minimum Gasteiger partial charge on any atom is -0.490 e. The Labute approximate surface area is 178 Å². The average molecular weight is 414 g/mol. The molecule has 1 amide bonds. The first-order chi connectivity index (χ1) is 14.4. The van der Waals surface area contributed by atoms with Crippen LogP contribution in [0, 0.1) is 0 Å². The average Bonchev–Trinajstić information content (AvgIpc) is 2.73. The Morgan fingerprint density at radius 3 is 2.43 bits per heavy atom. The normalized spacial score (nSPS) is 17.9. The molecule has 6 heteroatoms. The summed E-state index contributed by atoms with van der Waals surface area (Å²) >= 11 is 0. The third-order valence-corrected chi connectivity index (χ3v) is 4.61. The predicted octanol–water partition coefficient (Wildman–Crippen LogP) is 4.84. The molecule has 2 aromatic rings. The third-order valence-electron chi connectivity index (χ3n) is 4.61. The van der Waals surface area contributed by atoms with E-state index in [9.17, 15) is 4.79 Å².